The molecule has 0 unspecified atom stereocenters. The molecule has 1 fully saturated rings. The van der Waals surface area contributed by atoms with Crippen molar-refractivity contribution in [3.8, 4) is 5.88 Å². The minimum atomic E-state index is -4.69. The van der Waals surface area contributed by atoms with Crippen LogP contribution in [-0.4, -0.2) is 85.9 Å². The van der Waals surface area contributed by atoms with E-state index in [4.69, 9.17) is 21.3 Å². The Morgan fingerprint density at radius 1 is 1.02 bits per heavy atom. The van der Waals surface area contributed by atoms with Gasteiger partial charge in [0.1, 0.15) is 11.3 Å². The van der Waals surface area contributed by atoms with Gasteiger partial charge in [-0.3, -0.25) is 24.6 Å². The minimum absolute atomic E-state index is 0.0586. The van der Waals surface area contributed by atoms with E-state index >= 15 is 0 Å². The van der Waals surface area contributed by atoms with E-state index in [9.17, 15) is 28.1 Å². The molecule has 4 aliphatic rings. The third kappa shape index (κ3) is 8.02. The SMILES string of the molecule is CC1(C)CCC(CN2CCN(c3ccc(C(=O)NS(=O)(=O)c4cc5c(c([N+](=O)[O-])c4)CNC5=O)c(N4CCCOc5nc6[nH]ccc6cc54)c3)CC2)=C(c2ccc(Cl)cc2)C1. The number of piperazine rings is 1. The lowest BCUT2D eigenvalue weighted by molar-refractivity contribution is -0.385. The molecular weight excluding hydrogens is 820 g/mol. The summed E-state index contributed by atoms with van der Waals surface area (Å²) in [5.41, 5.74) is 6.36. The fourth-order valence-corrected chi connectivity index (χ4v) is 10.0. The van der Waals surface area contributed by atoms with Gasteiger partial charge in [0.25, 0.3) is 27.5 Å². The molecule has 5 heterocycles. The summed E-state index contributed by atoms with van der Waals surface area (Å²) in [7, 11) is -4.69. The Bertz CT molecular complexity index is 2740. The van der Waals surface area contributed by atoms with Crippen LogP contribution in [0.5, 0.6) is 5.88 Å². The Labute approximate surface area is 357 Å². The molecule has 5 aromatic rings. The molecule has 0 bridgehead atoms. The zero-order chi connectivity index (χ0) is 42.6. The Morgan fingerprint density at radius 2 is 1.80 bits per heavy atom. The summed E-state index contributed by atoms with van der Waals surface area (Å²) in [6.07, 6.45) is 5.54. The third-order valence-electron chi connectivity index (χ3n) is 12.2. The predicted molar refractivity (Wildman–Crippen MR) is 233 cm³/mol. The molecule has 17 heteroatoms. The highest BCUT2D eigenvalue weighted by Gasteiger charge is 2.34. The average molecular weight is 865 g/mol. The van der Waals surface area contributed by atoms with Gasteiger partial charge < -0.3 is 24.8 Å². The highest BCUT2D eigenvalue weighted by molar-refractivity contribution is 7.90. The van der Waals surface area contributed by atoms with Crippen LogP contribution in [0.4, 0.5) is 22.7 Å². The number of nitrogens with one attached hydrogen (secondary N) is 3. The van der Waals surface area contributed by atoms with Crippen molar-refractivity contribution in [1.29, 1.82) is 0 Å². The number of ether oxygens (including phenoxy) is 1. The first kappa shape index (κ1) is 40.4. The number of sulfonamides is 1. The molecule has 3 N–H and O–H groups in total. The topological polar surface area (TPSA) is 183 Å². The van der Waals surface area contributed by atoms with E-state index in [0.717, 1.165) is 80.2 Å². The second kappa shape index (κ2) is 15.8. The van der Waals surface area contributed by atoms with Crippen LogP contribution in [0.2, 0.25) is 5.02 Å². The van der Waals surface area contributed by atoms with E-state index < -0.39 is 37.3 Å². The van der Waals surface area contributed by atoms with E-state index in [1.807, 2.05) is 41.3 Å². The number of fused-ring (bicyclic) bond motifs is 3. The maximum atomic E-state index is 14.3. The van der Waals surface area contributed by atoms with Crippen LogP contribution in [0.15, 0.2) is 83.4 Å². The van der Waals surface area contributed by atoms with Crippen LogP contribution < -0.4 is 24.6 Å². The fraction of sp³-hybridized carbons (Fsp3) is 0.341. The van der Waals surface area contributed by atoms with Crippen molar-refractivity contribution >= 4 is 72.8 Å². The Hall–Kier alpha value is -5.97. The number of carbonyl (C=O) groups is 2. The van der Waals surface area contributed by atoms with Gasteiger partial charge in [-0.1, -0.05) is 43.2 Å². The van der Waals surface area contributed by atoms with Crippen molar-refractivity contribution in [3.63, 3.8) is 0 Å². The predicted octanol–water partition coefficient (Wildman–Crippen LogP) is 7.19. The summed E-state index contributed by atoms with van der Waals surface area (Å²) in [6.45, 7) is 9.33. The maximum absolute atomic E-state index is 14.3. The monoisotopic (exact) mass is 864 g/mol. The zero-order valence-electron chi connectivity index (χ0n) is 33.8. The van der Waals surface area contributed by atoms with E-state index in [1.54, 1.807) is 12.3 Å². The number of hydrogen-bond donors (Lipinski definition) is 3. The quantitative estimate of drug-likeness (QED) is 0.101. The zero-order valence-corrected chi connectivity index (χ0v) is 35.4. The van der Waals surface area contributed by atoms with Crippen molar-refractivity contribution in [2.24, 2.45) is 5.41 Å². The molecular formula is C44H45ClN8O7S. The summed E-state index contributed by atoms with van der Waals surface area (Å²) in [4.78, 5) is 51.9. The molecule has 0 spiro atoms. The number of carbonyl (C=O) groups excluding carboxylic acids is 2. The molecule has 9 rings (SSSR count). The number of nitro benzene ring substituents is 1. The summed E-state index contributed by atoms with van der Waals surface area (Å²) in [6, 6.07) is 19.3. The number of rotatable bonds is 9. The number of H-pyrrole nitrogens is 1. The van der Waals surface area contributed by atoms with Crippen LogP contribution in [0.3, 0.4) is 0 Å². The first-order chi connectivity index (χ1) is 29.2. The second-order valence-electron chi connectivity index (χ2n) is 16.8. The summed E-state index contributed by atoms with van der Waals surface area (Å²) < 4.78 is 35.9. The molecule has 1 saturated heterocycles. The lowest BCUT2D eigenvalue weighted by Gasteiger charge is -2.39. The van der Waals surface area contributed by atoms with Gasteiger partial charge in [0.2, 0.25) is 5.88 Å². The second-order valence-corrected chi connectivity index (χ2v) is 18.9. The van der Waals surface area contributed by atoms with E-state index in [-0.39, 0.29) is 28.7 Å². The van der Waals surface area contributed by atoms with E-state index in [1.165, 1.54) is 16.7 Å². The summed E-state index contributed by atoms with van der Waals surface area (Å²) >= 11 is 6.25. The number of amides is 2. The van der Waals surface area contributed by atoms with Crippen LogP contribution in [0.25, 0.3) is 16.6 Å². The number of aromatic nitrogens is 2. The molecule has 2 amide bonds. The normalized spacial score (nSPS) is 18.0. The van der Waals surface area contributed by atoms with Gasteiger partial charge in [-0.15, -0.1) is 0 Å². The number of pyridine rings is 1. The third-order valence-corrected chi connectivity index (χ3v) is 13.8. The van der Waals surface area contributed by atoms with Crippen LogP contribution in [0.1, 0.15) is 71.4 Å². The highest BCUT2D eigenvalue weighted by Crippen LogP contribution is 2.44. The Morgan fingerprint density at radius 3 is 2.57 bits per heavy atom. The average Bonchev–Trinajstić information content (AvgIpc) is 3.80. The van der Waals surface area contributed by atoms with Crippen molar-refractivity contribution < 1.29 is 27.7 Å². The molecule has 2 aromatic heterocycles. The summed E-state index contributed by atoms with van der Waals surface area (Å²) in [5.74, 6) is -1.21. The molecule has 61 heavy (non-hydrogen) atoms. The number of anilines is 3. The van der Waals surface area contributed by atoms with Gasteiger partial charge in [-0.05, 0) is 90.8 Å². The highest BCUT2D eigenvalue weighted by atomic mass is 35.5. The van der Waals surface area contributed by atoms with Gasteiger partial charge in [-0.2, -0.15) is 4.98 Å². The molecule has 3 aromatic carbocycles. The lowest BCUT2D eigenvalue weighted by atomic mass is 9.72. The number of nitro groups is 1. The Kier molecular flexibility index (Phi) is 10.5. The summed E-state index contributed by atoms with van der Waals surface area (Å²) in [5, 5.41) is 16.0. The standard InChI is InChI=1S/C44H45ClN8O7S/c1-44(2)12-10-29(35(24-44)27-4-6-30(45)7-5-27)26-50-15-17-51(18-16-50)31-8-9-33(37(21-31)52-14-3-19-60-43-39(52)20-28-11-13-46-40(28)48-43)42(55)49-61(58,59)32-22-34-36(25-47-41(34)54)38(23-32)53(56)57/h4-9,11,13,20-23H,3,10,12,14-19,24-26H2,1-2H3,(H,46,48)(H,47,54)(H,49,55). The van der Waals surface area contributed by atoms with Gasteiger partial charge in [0, 0.05) is 67.6 Å². The molecule has 0 atom stereocenters. The Balaban J connectivity index is 1.02. The van der Waals surface area contributed by atoms with Gasteiger partial charge in [-0.25, -0.2) is 13.1 Å². The molecule has 0 radical (unpaired) electrons. The van der Waals surface area contributed by atoms with E-state index in [2.05, 4.69) is 50.8 Å². The van der Waals surface area contributed by atoms with Crippen molar-refractivity contribution in [2.75, 3.05) is 55.7 Å². The first-order valence-corrected chi connectivity index (χ1v) is 22.2. The molecule has 15 nitrogen and oxygen atoms in total. The van der Waals surface area contributed by atoms with Gasteiger partial charge in [0.05, 0.1) is 45.3 Å². The number of halogens is 1. The van der Waals surface area contributed by atoms with Crippen molar-refractivity contribution in [3.05, 3.63) is 116 Å². The minimum Gasteiger partial charge on any atom is -0.476 e. The molecule has 316 valence electrons. The molecule has 0 saturated carbocycles. The van der Waals surface area contributed by atoms with Gasteiger partial charge in [0.15, 0.2) is 0 Å². The number of nitrogens with zero attached hydrogens (tertiary/aromatic N) is 5. The van der Waals surface area contributed by atoms with Crippen LogP contribution >= 0.6 is 11.6 Å². The van der Waals surface area contributed by atoms with Crippen molar-refractivity contribution in [2.45, 2.75) is 51.0 Å². The number of benzene rings is 3. The van der Waals surface area contributed by atoms with Gasteiger partial charge >= 0.3 is 0 Å². The number of allylic oxidation sites excluding steroid dienone is 1. The molecule has 1 aliphatic carbocycles. The van der Waals surface area contributed by atoms with Crippen molar-refractivity contribution in [1.82, 2.24) is 24.9 Å². The fourth-order valence-electron chi connectivity index (χ4n) is 8.88. The first-order valence-electron chi connectivity index (χ1n) is 20.4. The molecule has 3 aliphatic heterocycles. The van der Waals surface area contributed by atoms with Crippen LogP contribution in [-0.2, 0) is 16.6 Å². The smallest absolute Gasteiger partial charge is 0.276 e. The number of aromatic amines is 1. The maximum Gasteiger partial charge on any atom is 0.276 e. The number of hydrogen-bond acceptors (Lipinski definition) is 11. The lowest BCUT2D eigenvalue weighted by Crippen LogP contribution is -2.47. The van der Waals surface area contributed by atoms with Crippen LogP contribution in [0, 0.1) is 15.5 Å². The van der Waals surface area contributed by atoms with E-state index in [0.29, 0.717) is 42.5 Å². The largest absolute Gasteiger partial charge is 0.476 e.